The molecule has 6 heteroatoms. The van der Waals surface area contributed by atoms with Gasteiger partial charge in [-0.25, -0.2) is 14.1 Å². The standard InChI is InChI=1S/C29H29FN2O3/c1-21-12-14-24(15-13-21)26-18-31(17-23-10-6-3-7-11-23)20-29(26,30)27(33)32-25(19-35-28(32)34)16-22-8-4-2-5-9-22/h2-15,25-26H,16-20H2,1H3/t25-,26+,29+/m1/s1. The molecule has 3 aromatic carbocycles. The molecule has 2 aliphatic rings. The molecule has 0 aromatic heterocycles. The second-order valence-electron chi connectivity index (χ2n) is 9.58. The summed E-state index contributed by atoms with van der Waals surface area (Å²) in [6.07, 6.45) is -0.339. The molecule has 2 aliphatic heterocycles. The number of rotatable bonds is 6. The Labute approximate surface area is 205 Å². The molecule has 2 fully saturated rings. The first-order valence-electron chi connectivity index (χ1n) is 12.0. The van der Waals surface area contributed by atoms with Crippen LogP contribution in [-0.2, 0) is 22.5 Å². The van der Waals surface area contributed by atoms with Gasteiger partial charge in [0, 0.05) is 25.6 Å². The minimum absolute atomic E-state index is 0.0679. The first kappa shape index (κ1) is 23.2. The van der Waals surface area contributed by atoms with Gasteiger partial charge in [-0.2, -0.15) is 0 Å². The third-order valence-electron chi connectivity index (χ3n) is 7.03. The number of carbonyl (C=O) groups is 2. The minimum Gasteiger partial charge on any atom is -0.447 e. The highest BCUT2D eigenvalue weighted by Crippen LogP contribution is 2.42. The predicted molar refractivity (Wildman–Crippen MR) is 132 cm³/mol. The van der Waals surface area contributed by atoms with Crippen LogP contribution in [0.25, 0.3) is 0 Å². The van der Waals surface area contributed by atoms with E-state index in [0.717, 1.165) is 27.2 Å². The number of likely N-dealkylation sites (tertiary alicyclic amines) is 1. The van der Waals surface area contributed by atoms with Gasteiger partial charge in [0.2, 0.25) is 5.67 Å². The molecule has 5 rings (SSSR count). The summed E-state index contributed by atoms with van der Waals surface area (Å²) in [7, 11) is 0. The molecular formula is C29H29FN2O3. The molecule has 5 nitrogen and oxygen atoms in total. The van der Waals surface area contributed by atoms with Gasteiger partial charge >= 0.3 is 6.09 Å². The quantitative estimate of drug-likeness (QED) is 0.513. The summed E-state index contributed by atoms with van der Waals surface area (Å²) in [6, 6.07) is 26.5. The Morgan fingerprint density at radius 3 is 2.26 bits per heavy atom. The summed E-state index contributed by atoms with van der Waals surface area (Å²) in [5.41, 5.74) is 1.59. The lowest BCUT2D eigenvalue weighted by molar-refractivity contribution is -0.142. The molecule has 3 atom stereocenters. The zero-order chi connectivity index (χ0) is 24.4. The van der Waals surface area contributed by atoms with Gasteiger partial charge in [0.15, 0.2) is 0 Å². The minimum atomic E-state index is -2.25. The maximum absolute atomic E-state index is 17.0. The van der Waals surface area contributed by atoms with E-state index < -0.39 is 29.6 Å². The van der Waals surface area contributed by atoms with Crippen LogP contribution in [0.4, 0.5) is 9.18 Å². The van der Waals surface area contributed by atoms with Crippen molar-refractivity contribution in [3.05, 3.63) is 107 Å². The normalized spacial score (nSPS) is 24.5. The molecule has 0 spiro atoms. The molecule has 0 bridgehead atoms. The number of aryl methyl sites for hydroxylation is 1. The number of benzene rings is 3. The Bertz CT molecular complexity index is 1190. The average molecular weight is 473 g/mol. The number of carbonyl (C=O) groups excluding carboxylic acids is 2. The van der Waals surface area contributed by atoms with Gasteiger partial charge < -0.3 is 4.74 Å². The van der Waals surface area contributed by atoms with Crippen LogP contribution in [0, 0.1) is 6.92 Å². The van der Waals surface area contributed by atoms with Crippen LogP contribution in [0.3, 0.4) is 0 Å². The number of nitrogens with zero attached hydrogens (tertiary/aromatic N) is 2. The summed E-state index contributed by atoms with van der Waals surface area (Å²) in [4.78, 5) is 29.5. The third-order valence-corrected chi connectivity index (χ3v) is 7.03. The number of cyclic esters (lactones) is 1. The van der Waals surface area contributed by atoms with E-state index in [0.29, 0.717) is 19.5 Å². The number of hydrogen-bond donors (Lipinski definition) is 0. The number of hydrogen-bond acceptors (Lipinski definition) is 4. The summed E-state index contributed by atoms with van der Waals surface area (Å²) >= 11 is 0. The van der Waals surface area contributed by atoms with Crippen molar-refractivity contribution in [1.29, 1.82) is 0 Å². The van der Waals surface area contributed by atoms with Gasteiger partial charge in [-0.15, -0.1) is 0 Å². The zero-order valence-electron chi connectivity index (χ0n) is 19.8. The van der Waals surface area contributed by atoms with Crippen molar-refractivity contribution in [2.24, 2.45) is 0 Å². The van der Waals surface area contributed by atoms with Crippen molar-refractivity contribution >= 4 is 12.0 Å². The third kappa shape index (κ3) is 4.71. The SMILES string of the molecule is Cc1ccc([C@@H]2CN(Cc3ccccc3)C[C@@]2(F)C(=O)N2C(=O)OC[C@H]2Cc2ccccc2)cc1. The van der Waals surface area contributed by atoms with E-state index in [-0.39, 0.29) is 13.2 Å². The lowest BCUT2D eigenvalue weighted by Gasteiger charge is -2.31. The van der Waals surface area contributed by atoms with E-state index >= 15 is 4.39 Å². The molecule has 0 unspecified atom stereocenters. The Morgan fingerprint density at radius 1 is 0.971 bits per heavy atom. The van der Waals surface area contributed by atoms with Crippen LogP contribution in [-0.4, -0.2) is 53.2 Å². The Balaban J connectivity index is 1.45. The fraction of sp³-hybridized carbons (Fsp3) is 0.310. The first-order chi connectivity index (χ1) is 16.9. The van der Waals surface area contributed by atoms with Gasteiger partial charge in [0.25, 0.3) is 5.91 Å². The molecule has 0 N–H and O–H groups in total. The van der Waals surface area contributed by atoms with Gasteiger partial charge in [-0.05, 0) is 30.0 Å². The Kier molecular flexibility index (Phi) is 6.39. The van der Waals surface area contributed by atoms with Gasteiger partial charge in [-0.1, -0.05) is 90.5 Å². The number of amides is 2. The van der Waals surface area contributed by atoms with Crippen LogP contribution in [0.1, 0.15) is 28.2 Å². The van der Waals surface area contributed by atoms with Crippen molar-refractivity contribution in [3.8, 4) is 0 Å². The van der Waals surface area contributed by atoms with Crippen molar-refractivity contribution in [3.63, 3.8) is 0 Å². The van der Waals surface area contributed by atoms with Crippen molar-refractivity contribution in [2.75, 3.05) is 19.7 Å². The van der Waals surface area contributed by atoms with E-state index in [2.05, 4.69) is 0 Å². The van der Waals surface area contributed by atoms with Crippen LogP contribution in [0.2, 0.25) is 0 Å². The molecular weight excluding hydrogens is 443 g/mol. The summed E-state index contributed by atoms with van der Waals surface area (Å²) < 4.78 is 22.2. The fourth-order valence-corrected chi connectivity index (χ4v) is 5.20. The van der Waals surface area contributed by atoms with Gasteiger partial charge in [0.1, 0.15) is 6.61 Å². The van der Waals surface area contributed by atoms with Gasteiger partial charge in [0.05, 0.1) is 6.04 Å². The maximum Gasteiger partial charge on any atom is 0.417 e. The second-order valence-corrected chi connectivity index (χ2v) is 9.58. The average Bonchev–Trinajstić information content (AvgIpc) is 3.40. The molecule has 0 saturated carbocycles. The van der Waals surface area contributed by atoms with E-state index in [1.807, 2.05) is 96.8 Å². The van der Waals surface area contributed by atoms with Crippen molar-refractivity contribution < 1.29 is 18.7 Å². The second kappa shape index (κ2) is 9.62. The fourth-order valence-electron chi connectivity index (χ4n) is 5.20. The Morgan fingerprint density at radius 2 is 1.60 bits per heavy atom. The lowest BCUT2D eigenvalue weighted by atomic mass is 9.84. The molecule has 2 saturated heterocycles. The highest BCUT2D eigenvalue weighted by atomic mass is 19.1. The largest absolute Gasteiger partial charge is 0.447 e. The number of alkyl halides is 1. The lowest BCUT2D eigenvalue weighted by Crippen LogP contribution is -2.53. The molecule has 2 heterocycles. The van der Waals surface area contributed by atoms with Crippen LogP contribution >= 0.6 is 0 Å². The molecule has 180 valence electrons. The van der Waals surface area contributed by atoms with Crippen molar-refractivity contribution in [2.45, 2.75) is 37.5 Å². The summed E-state index contributed by atoms with van der Waals surface area (Å²) in [5, 5.41) is 0. The molecule has 35 heavy (non-hydrogen) atoms. The van der Waals surface area contributed by atoms with E-state index in [1.165, 1.54) is 0 Å². The van der Waals surface area contributed by atoms with Crippen molar-refractivity contribution in [1.82, 2.24) is 9.80 Å². The molecule has 3 aromatic rings. The van der Waals surface area contributed by atoms with E-state index in [9.17, 15) is 9.59 Å². The maximum atomic E-state index is 17.0. The van der Waals surface area contributed by atoms with Crippen LogP contribution in [0.15, 0.2) is 84.9 Å². The van der Waals surface area contributed by atoms with Crippen LogP contribution < -0.4 is 0 Å². The smallest absolute Gasteiger partial charge is 0.417 e. The molecule has 0 radical (unpaired) electrons. The Hall–Kier alpha value is -3.51. The molecule has 0 aliphatic carbocycles. The highest BCUT2D eigenvalue weighted by Gasteiger charge is 2.58. The van der Waals surface area contributed by atoms with Crippen LogP contribution in [0.5, 0.6) is 0 Å². The summed E-state index contributed by atoms with van der Waals surface area (Å²) in [5.74, 6) is -1.49. The van der Waals surface area contributed by atoms with Gasteiger partial charge in [-0.3, -0.25) is 9.69 Å². The van der Waals surface area contributed by atoms with E-state index in [1.54, 1.807) is 0 Å². The topological polar surface area (TPSA) is 49.9 Å². The summed E-state index contributed by atoms with van der Waals surface area (Å²) in [6.45, 7) is 2.87. The predicted octanol–water partition coefficient (Wildman–Crippen LogP) is 4.89. The highest BCUT2D eigenvalue weighted by molar-refractivity contribution is 5.99. The first-order valence-corrected chi connectivity index (χ1v) is 12.0. The number of ether oxygens (including phenoxy) is 1. The molecule has 2 amide bonds. The number of imide groups is 1. The number of halogens is 1. The van der Waals surface area contributed by atoms with E-state index in [4.69, 9.17) is 4.74 Å². The zero-order valence-corrected chi connectivity index (χ0v) is 19.8. The monoisotopic (exact) mass is 472 g/mol.